The average Bonchev–Trinajstić information content (AvgIpc) is 2.96. The highest BCUT2D eigenvalue weighted by atomic mass is 19.4. The van der Waals surface area contributed by atoms with E-state index in [0.29, 0.717) is 29.2 Å². The maximum atomic E-state index is 14.7. The SMILES string of the molecule is C=CCOC(=O)C(C)(C)Oc1ccc(NC[C@H](CC)NC(=O)[C@H](CC(C)(C)F)N[C@@H](Cc2ccccc2)C(F)(F)F)c(OC)c1. The number of benzene rings is 2. The highest BCUT2D eigenvalue weighted by Crippen LogP contribution is 2.31. The first-order chi connectivity index (χ1) is 21.0. The molecular formula is C33H45F4N3O5. The molecule has 3 N–H and O–H groups in total. The molecule has 0 radical (unpaired) electrons. The number of nitrogens with one attached hydrogen (secondary N) is 3. The first-order valence-electron chi connectivity index (χ1n) is 14.7. The van der Waals surface area contributed by atoms with Crippen molar-refractivity contribution in [2.45, 2.75) is 89.5 Å². The number of alkyl halides is 4. The number of amides is 1. The molecule has 0 spiro atoms. The molecular weight excluding hydrogens is 594 g/mol. The van der Waals surface area contributed by atoms with Gasteiger partial charge in [0.2, 0.25) is 5.91 Å². The van der Waals surface area contributed by atoms with Crippen molar-refractivity contribution in [3.05, 3.63) is 66.7 Å². The van der Waals surface area contributed by atoms with E-state index in [0.717, 1.165) is 0 Å². The normalized spacial score (nSPS) is 14.1. The van der Waals surface area contributed by atoms with E-state index in [1.165, 1.54) is 27.0 Å². The maximum absolute atomic E-state index is 14.7. The van der Waals surface area contributed by atoms with Crippen LogP contribution in [0, 0.1) is 0 Å². The zero-order chi connectivity index (χ0) is 33.8. The van der Waals surface area contributed by atoms with Gasteiger partial charge in [-0.25, -0.2) is 9.18 Å². The molecule has 1 amide bonds. The topological polar surface area (TPSA) is 97.9 Å². The molecule has 0 aliphatic carbocycles. The van der Waals surface area contributed by atoms with Gasteiger partial charge in [-0.2, -0.15) is 13.2 Å². The third-order valence-electron chi connectivity index (χ3n) is 6.83. The minimum Gasteiger partial charge on any atom is -0.494 e. The van der Waals surface area contributed by atoms with Gasteiger partial charge < -0.3 is 24.8 Å². The number of halogens is 4. The third kappa shape index (κ3) is 12.6. The molecule has 2 aromatic rings. The van der Waals surface area contributed by atoms with Crippen LogP contribution < -0.4 is 25.4 Å². The molecule has 0 heterocycles. The summed E-state index contributed by atoms with van der Waals surface area (Å²) in [6.45, 7) is 11.1. The Morgan fingerprint density at radius 1 is 1.02 bits per heavy atom. The van der Waals surface area contributed by atoms with E-state index in [4.69, 9.17) is 14.2 Å². The average molecular weight is 640 g/mol. The second kappa shape index (κ2) is 16.5. The van der Waals surface area contributed by atoms with Crippen LogP contribution in [0.15, 0.2) is 61.2 Å². The number of carbonyl (C=O) groups excluding carboxylic acids is 2. The standard InChI is InChI=1S/C33H45F4N3O5/c1-8-17-44-30(42)32(5,6)45-24-15-16-25(27(19-24)43-7)38-21-23(9-2)39-29(41)26(20-31(3,4)34)40-28(33(35,36)37)18-22-13-11-10-12-14-22/h8,10-16,19,23,26,28,38,40H,1,9,17-18,20-21H2,2-7H3,(H,39,41)/t23-,26-,28-/m0/s1. The van der Waals surface area contributed by atoms with Crippen LogP contribution in [0.5, 0.6) is 11.5 Å². The number of anilines is 1. The van der Waals surface area contributed by atoms with Crippen molar-refractivity contribution >= 4 is 17.6 Å². The number of hydrogen-bond donors (Lipinski definition) is 3. The lowest BCUT2D eigenvalue weighted by molar-refractivity contribution is -0.159. The Morgan fingerprint density at radius 3 is 2.24 bits per heavy atom. The summed E-state index contributed by atoms with van der Waals surface area (Å²) in [6.07, 6.45) is -3.66. The lowest BCUT2D eigenvalue weighted by Gasteiger charge is -2.31. The van der Waals surface area contributed by atoms with Crippen molar-refractivity contribution < 1.29 is 41.4 Å². The molecule has 3 atom stereocenters. The molecule has 0 aliphatic heterocycles. The minimum atomic E-state index is -4.67. The molecule has 2 rings (SSSR count). The zero-order valence-electron chi connectivity index (χ0n) is 26.7. The van der Waals surface area contributed by atoms with Gasteiger partial charge in [0.25, 0.3) is 0 Å². The summed E-state index contributed by atoms with van der Waals surface area (Å²) in [5, 5.41) is 8.34. The van der Waals surface area contributed by atoms with Crippen LogP contribution in [0.2, 0.25) is 0 Å². The van der Waals surface area contributed by atoms with Crippen LogP contribution in [0.1, 0.15) is 53.0 Å². The Labute approximate surface area is 262 Å². The van der Waals surface area contributed by atoms with Gasteiger partial charge in [0.1, 0.15) is 29.8 Å². The Kier molecular flexibility index (Phi) is 13.7. The summed E-state index contributed by atoms with van der Waals surface area (Å²) in [5.41, 5.74) is -2.22. The van der Waals surface area contributed by atoms with Gasteiger partial charge in [0.15, 0.2) is 5.60 Å². The van der Waals surface area contributed by atoms with Gasteiger partial charge >= 0.3 is 12.1 Å². The van der Waals surface area contributed by atoms with Crippen molar-refractivity contribution in [1.82, 2.24) is 10.6 Å². The van der Waals surface area contributed by atoms with E-state index >= 15 is 0 Å². The molecule has 0 aliphatic rings. The summed E-state index contributed by atoms with van der Waals surface area (Å²) in [6, 6.07) is 8.96. The van der Waals surface area contributed by atoms with Crippen LogP contribution >= 0.6 is 0 Å². The summed E-state index contributed by atoms with van der Waals surface area (Å²) in [5.74, 6) is -0.582. The summed E-state index contributed by atoms with van der Waals surface area (Å²) in [7, 11) is 1.45. The predicted octanol–water partition coefficient (Wildman–Crippen LogP) is 6.16. The largest absolute Gasteiger partial charge is 0.494 e. The van der Waals surface area contributed by atoms with Gasteiger partial charge in [-0.3, -0.25) is 10.1 Å². The van der Waals surface area contributed by atoms with Crippen molar-refractivity contribution in [3.63, 3.8) is 0 Å². The van der Waals surface area contributed by atoms with Gasteiger partial charge in [0.05, 0.1) is 18.8 Å². The molecule has 0 aromatic heterocycles. The fraction of sp³-hybridized carbons (Fsp3) is 0.515. The van der Waals surface area contributed by atoms with Gasteiger partial charge in [0, 0.05) is 25.1 Å². The van der Waals surface area contributed by atoms with Gasteiger partial charge in [-0.1, -0.05) is 49.9 Å². The number of methoxy groups -OCH3 is 1. The van der Waals surface area contributed by atoms with Crippen molar-refractivity contribution in [2.24, 2.45) is 0 Å². The fourth-order valence-corrected chi connectivity index (χ4v) is 4.43. The van der Waals surface area contributed by atoms with Crippen LogP contribution in [-0.2, 0) is 20.7 Å². The second-order valence-electron chi connectivity index (χ2n) is 11.8. The number of carbonyl (C=O) groups is 2. The number of hydrogen-bond acceptors (Lipinski definition) is 7. The molecule has 0 saturated carbocycles. The lowest BCUT2D eigenvalue weighted by Crippen LogP contribution is -2.57. The molecule has 250 valence electrons. The Balaban J connectivity index is 2.14. The van der Waals surface area contributed by atoms with Crippen molar-refractivity contribution in [3.8, 4) is 11.5 Å². The quantitative estimate of drug-likeness (QED) is 0.102. The first-order valence-corrected chi connectivity index (χ1v) is 14.7. The number of ether oxygens (including phenoxy) is 3. The zero-order valence-corrected chi connectivity index (χ0v) is 26.7. The summed E-state index contributed by atoms with van der Waals surface area (Å²) in [4.78, 5) is 25.6. The molecule has 0 unspecified atom stereocenters. The highest BCUT2D eigenvalue weighted by molar-refractivity contribution is 5.82. The molecule has 0 saturated heterocycles. The van der Waals surface area contributed by atoms with E-state index in [-0.39, 0.29) is 13.2 Å². The Bertz CT molecular complexity index is 1250. The third-order valence-corrected chi connectivity index (χ3v) is 6.83. The second-order valence-corrected chi connectivity index (χ2v) is 11.8. The van der Waals surface area contributed by atoms with Gasteiger partial charge in [-0.05, 0) is 58.2 Å². The lowest BCUT2D eigenvalue weighted by atomic mass is 9.97. The highest BCUT2D eigenvalue weighted by Gasteiger charge is 2.43. The smallest absolute Gasteiger partial charge is 0.404 e. The van der Waals surface area contributed by atoms with E-state index in [1.54, 1.807) is 62.4 Å². The van der Waals surface area contributed by atoms with Crippen molar-refractivity contribution in [2.75, 3.05) is 25.6 Å². The molecule has 0 fully saturated rings. The summed E-state index contributed by atoms with van der Waals surface area (Å²) >= 11 is 0. The van der Waals surface area contributed by atoms with E-state index < -0.39 is 60.3 Å². The molecule has 2 aromatic carbocycles. The van der Waals surface area contributed by atoms with Crippen LogP contribution in [0.25, 0.3) is 0 Å². The maximum Gasteiger partial charge on any atom is 0.404 e. The monoisotopic (exact) mass is 639 g/mol. The molecule has 0 bridgehead atoms. The van der Waals surface area contributed by atoms with E-state index in [9.17, 15) is 27.2 Å². The van der Waals surface area contributed by atoms with Crippen LogP contribution in [0.3, 0.4) is 0 Å². The number of rotatable bonds is 18. The summed E-state index contributed by atoms with van der Waals surface area (Å²) < 4.78 is 73.2. The minimum absolute atomic E-state index is 0.0475. The van der Waals surface area contributed by atoms with Crippen LogP contribution in [-0.4, -0.2) is 67.7 Å². The Hall–Kier alpha value is -3.80. The first kappa shape index (κ1) is 37.4. The molecule has 12 heteroatoms. The van der Waals surface area contributed by atoms with Gasteiger partial charge in [-0.15, -0.1) is 0 Å². The van der Waals surface area contributed by atoms with Crippen molar-refractivity contribution in [1.29, 1.82) is 0 Å². The molecule has 45 heavy (non-hydrogen) atoms. The number of esters is 1. The Morgan fingerprint density at radius 2 is 1.69 bits per heavy atom. The fourth-order valence-electron chi connectivity index (χ4n) is 4.43. The van der Waals surface area contributed by atoms with Crippen LogP contribution in [0.4, 0.5) is 23.2 Å². The molecule has 8 nitrogen and oxygen atoms in total. The van der Waals surface area contributed by atoms with E-state index in [2.05, 4.69) is 22.5 Å². The van der Waals surface area contributed by atoms with E-state index in [1.807, 2.05) is 6.92 Å². The predicted molar refractivity (Wildman–Crippen MR) is 166 cm³/mol.